The highest BCUT2D eigenvalue weighted by molar-refractivity contribution is 6.27. The van der Waals surface area contributed by atoms with Gasteiger partial charge in [-0.1, -0.05) is 71.4 Å². The molecule has 2 aliphatic rings. The molecule has 1 aromatic heterocycles. The third-order valence-corrected chi connectivity index (χ3v) is 8.23. The van der Waals surface area contributed by atoms with E-state index >= 15 is 0 Å². The average Bonchev–Trinajstić information content (AvgIpc) is 3.60. The highest BCUT2D eigenvalue weighted by atomic mass is 14.9. The van der Waals surface area contributed by atoms with Crippen molar-refractivity contribution >= 4 is 49.8 Å². The molecule has 1 atom stereocenters. The number of rotatable bonds is 5. The molecule has 3 heterocycles. The van der Waals surface area contributed by atoms with Crippen LogP contribution < -0.4 is 15.7 Å². The Kier molecular flexibility index (Phi) is 6.89. The molecule has 7 rings (SSSR count). The predicted molar refractivity (Wildman–Crippen MR) is 184 cm³/mol. The number of nitriles is 2. The number of nitrogens with two attached hydrogens (primary N) is 1. The molecule has 3 N–H and O–H groups in total. The first-order valence-electron chi connectivity index (χ1n) is 14.6. The fourth-order valence-corrected chi connectivity index (χ4v) is 6.03. The van der Waals surface area contributed by atoms with E-state index in [-0.39, 0.29) is 6.04 Å². The predicted octanol–water partition coefficient (Wildman–Crippen LogP) is 7.10. The molecule has 4 aromatic carbocycles. The van der Waals surface area contributed by atoms with Gasteiger partial charge in [-0.15, -0.1) is 0 Å². The van der Waals surface area contributed by atoms with E-state index < -0.39 is 0 Å². The maximum atomic E-state index is 9.28. The number of hydrogen-bond donors (Lipinski definition) is 2. The van der Waals surface area contributed by atoms with Crippen LogP contribution in [0.15, 0.2) is 132 Å². The Morgan fingerprint density at radius 3 is 2.36 bits per heavy atom. The van der Waals surface area contributed by atoms with Crippen molar-refractivity contribution in [3.8, 4) is 23.4 Å². The molecule has 0 bridgehead atoms. The first-order chi connectivity index (χ1) is 22.1. The minimum atomic E-state index is -0.0837. The standard InChI is InChI=1S/C39H27N6/c1-24(20-40)16-27(21-41)38-10-4-8-36(44-38)25-12-14-32-30-6-2-3-7-31(30)33-15-13-26(19-35(33)34(32)18-25)37-9-5-11-39(45-37)28-17-29(22-42)43-23-28/h2-19,21,23,36,44H,41H2,1H3/q+1/b24-16+,27-21+. The van der Waals surface area contributed by atoms with Crippen LogP contribution in [0.3, 0.4) is 0 Å². The van der Waals surface area contributed by atoms with Crippen molar-refractivity contribution in [3.63, 3.8) is 0 Å². The number of pyridine rings is 1. The summed E-state index contributed by atoms with van der Waals surface area (Å²) in [5.41, 5.74) is 13.1. The molecule has 1 unspecified atom stereocenters. The van der Waals surface area contributed by atoms with Crippen LogP contribution in [0.25, 0.3) is 49.1 Å². The van der Waals surface area contributed by atoms with Crippen molar-refractivity contribution in [2.24, 2.45) is 5.73 Å². The number of aromatic nitrogens is 1. The van der Waals surface area contributed by atoms with Crippen LogP contribution in [0, 0.1) is 22.7 Å². The van der Waals surface area contributed by atoms with Gasteiger partial charge in [0.15, 0.2) is 6.07 Å². The largest absolute Gasteiger partial charge is 0.404 e. The molecule has 45 heavy (non-hydrogen) atoms. The van der Waals surface area contributed by atoms with Gasteiger partial charge in [0.05, 0.1) is 35.1 Å². The molecule has 6 nitrogen and oxygen atoms in total. The summed E-state index contributed by atoms with van der Waals surface area (Å²) in [5.74, 6) is 0. The van der Waals surface area contributed by atoms with Crippen molar-refractivity contribution < 1.29 is 0 Å². The Balaban J connectivity index is 1.35. The van der Waals surface area contributed by atoms with Crippen LogP contribution in [0.5, 0.6) is 0 Å². The number of allylic oxidation sites excluding steroid dienone is 6. The molecule has 212 valence electrons. The fraction of sp³-hybridized carbons (Fsp3) is 0.0513. The molecule has 0 radical (unpaired) electrons. The number of benzene rings is 4. The van der Waals surface area contributed by atoms with E-state index in [4.69, 9.17) is 10.7 Å². The summed E-state index contributed by atoms with van der Waals surface area (Å²) in [6.45, 7) is 1.77. The Morgan fingerprint density at radius 1 is 0.889 bits per heavy atom. The van der Waals surface area contributed by atoms with E-state index in [1.54, 1.807) is 25.3 Å². The van der Waals surface area contributed by atoms with Crippen LogP contribution in [0.1, 0.15) is 24.2 Å². The van der Waals surface area contributed by atoms with Crippen LogP contribution in [0.4, 0.5) is 0 Å². The summed E-state index contributed by atoms with van der Waals surface area (Å²) in [5, 5.41) is 29.2. The molecular formula is C39H27N6+. The van der Waals surface area contributed by atoms with Gasteiger partial charge in [-0.2, -0.15) is 10.5 Å². The van der Waals surface area contributed by atoms with Gasteiger partial charge in [-0.05, 0) is 81.2 Å². The quantitative estimate of drug-likeness (QED) is 0.0998. The molecule has 0 saturated carbocycles. The van der Waals surface area contributed by atoms with Gasteiger partial charge in [0.25, 0.3) is 0 Å². The second-order valence-corrected chi connectivity index (χ2v) is 11.0. The second-order valence-electron chi connectivity index (χ2n) is 11.0. The zero-order chi connectivity index (χ0) is 30.9. The molecule has 5 aromatic rings. The van der Waals surface area contributed by atoms with Gasteiger partial charge in [0, 0.05) is 28.6 Å². The maximum Gasteiger partial charge on any atom is 0.404 e. The molecule has 0 spiro atoms. The molecule has 6 heteroatoms. The summed E-state index contributed by atoms with van der Waals surface area (Å²) in [6, 6.07) is 31.8. The Labute approximate surface area is 260 Å². The minimum absolute atomic E-state index is 0.0837. The Hall–Kier alpha value is -6.46. The van der Waals surface area contributed by atoms with Gasteiger partial charge in [0.1, 0.15) is 0 Å². The molecular weight excluding hydrogens is 552 g/mol. The van der Waals surface area contributed by atoms with Gasteiger partial charge in [0.2, 0.25) is 0 Å². The zero-order valence-electron chi connectivity index (χ0n) is 24.5. The maximum absolute atomic E-state index is 9.28. The van der Waals surface area contributed by atoms with Crippen molar-refractivity contribution in [2.45, 2.75) is 13.0 Å². The molecule has 2 aliphatic heterocycles. The monoisotopic (exact) mass is 579 g/mol. The summed E-state index contributed by atoms with van der Waals surface area (Å²) >= 11 is 0. The third-order valence-electron chi connectivity index (χ3n) is 8.23. The van der Waals surface area contributed by atoms with Crippen LogP contribution in [0.2, 0.25) is 0 Å². The SMILES string of the molecule is C/C(C#N)=C\C(=C/N)C1=CC=CC(c2ccc3c4ccccc4c4ccc(-c5cccc(C6=CC(C#N)=[N+]=C6)n5)cc4c3c2)N1. The number of fused-ring (bicyclic) bond motifs is 6. The summed E-state index contributed by atoms with van der Waals surface area (Å²) in [7, 11) is 0. The first kappa shape index (κ1) is 27.4. The van der Waals surface area contributed by atoms with Gasteiger partial charge >= 0.3 is 11.9 Å². The summed E-state index contributed by atoms with van der Waals surface area (Å²) in [4.78, 5) is 4.95. The van der Waals surface area contributed by atoms with E-state index in [0.29, 0.717) is 11.3 Å². The van der Waals surface area contributed by atoms with Gasteiger partial charge in [-0.3, -0.25) is 0 Å². The van der Waals surface area contributed by atoms with E-state index in [0.717, 1.165) is 50.1 Å². The highest BCUT2D eigenvalue weighted by Crippen LogP contribution is 2.38. The van der Waals surface area contributed by atoms with Gasteiger partial charge in [-0.25, -0.2) is 4.98 Å². The summed E-state index contributed by atoms with van der Waals surface area (Å²) in [6.07, 6.45) is 12.9. The van der Waals surface area contributed by atoms with Crippen molar-refractivity contribution in [2.75, 3.05) is 0 Å². The van der Waals surface area contributed by atoms with Crippen LogP contribution in [-0.4, -0.2) is 16.9 Å². The Bertz CT molecular complexity index is 2380. The average molecular weight is 580 g/mol. The highest BCUT2D eigenvalue weighted by Gasteiger charge is 2.19. The lowest BCUT2D eigenvalue weighted by Gasteiger charge is -2.23. The summed E-state index contributed by atoms with van der Waals surface area (Å²) < 4.78 is 4.16. The van der Waals surface area contributed by atoms with Crippen LogP contribution in [-0.2, 0) is 0 Å². The number of dihydropyridines is 1. The lowest BCUT2D eigenvalue weighted by molar-refractivity contribution is 0.714. The lowest BCUT2D eigenvalue weighted by atomic mass is 9.90. The number of nitrogens with one attached hydrogen (secondary N) is 1. The van der Waals surface area contributed by atoms with E-state index in [2.05, 4.69) is 88.9 Å². The van der Waals surface area contributed by atoms with E-state index in [1.165, 1.54) is 27.7 Å². The minimum Gasteiger partial charge on any atom is -0.404 e. The van der Waals surface area contributed by atoms with Crippen molar-refractivity contribution in [3.05, 3.63) is 144 Å². The molecule has 0 saturated heterocycles. The van der Waals surface area contributed by atoms with Crippen LogP contribution >= 0.6 is 0 Å². The van der Waals surface area contributed by atoms with E-state index in [9.17, 15) is 10.5 Å². The smallest absolute Gasteiger partial charge is 0.404 e. The zero-order valence-corrected chi connectivity index (χ0v) is 24.5. The fourth-order valence-electron chi connectivity index (χ4n) is 6.03. The normalized spacial score (nSPS) is 16.2. The Morgan fingerprint density at radius 2 is 1.62 bits per heavy atom. The number of hydrogen-bond acceptors (Lipinski definition) is 5. The lowest BCUT2D eigenvalue weighted by Crippen LogP contribution is -2.22. The molecule has 0 amide bonds. The molecule has 0 fully saturated rings. The topological polar surface area (TPSA) is 113 Å². The van der Waals surface area contributed by atoms with Crippen molar-refractivity contribution in [1.82, 2.24) is 15.0 Å². The number of nitrogens with zero attached hydrogens (tertiary/aromatic N) is 4. The van der Waals surface area contributed by atoms with Crippen molar-refractivity contribution in [1.29, 1.82) is 10.5 Å². The first-order valence-corrected chi connectivity index (χ1v) is 14.6. The third kappa shape index (κ3) is 4.98. The molecule has 0 aliphatic carbocycles. The second kappa shape index (κ2) is 11.3. The van der Waals surface area contributed by atoms with Gasteiger partial charge < -0.3 is 11.1 Å². The van der Waals surface area contributed by atoms with E-state index in [1.807, 2.05) is 30.4 Å².